The van der Waals surface area contributed by atoms with E-state index in [2.05, 4.69) is 0 Å². The first-order chi connectivity index (χ1) is 10.8. The summed E-state index contributed by atoms with van der Waals surface area (Å²) in [4.78, 5) is 25.7. The van der Waals surface area contributed by atoms with Crippen LogP contribution in [0.15, 0.2) is 18.2 Å². The Morgan fingerprint density at radius 3 is 2.26 bits per heavy atom. The standard InChI is InChI=1S/C16H17F3N2O2/c17-9-1-3-16(4-2-9)8-13(14(20)22)21(15(16)23)12-6-10(18)5-11(19)7-12/h5-7,9,13H,1-4,8H2,(H2,20,22). The molecule has 0 aromatic heterocycles. The Morgan fingerprint density at radius 1 is 1.17 bits per heavy atom. The fraction of sp³-hybridized carbons (Fsp3) is 0.500. The summed E-state index contributed by atoms with van der Waals surface area (Å²) in [5.74, 6) is -2.82. The van der Waals surface area contributed by atoms with E-state index in [1.165, 1.54) is 0 Å². The Morgan fingerprint density at radius 2 is 1.74 bits per heavy atom. The highest BCUT2D eigenvalue weighted by Gasteiger charge is 2.54. The van der Waals surface area contributed by atoms with Crippen molar-refractivity contribution in [1.82, 2.24) is 0 Å². The number of rotatable bonds is 2. The molecule has 2 aliphatic rings. The van der Waals surface area contributed by atoms with E-state index in [0.29, 0.717) is 18.9 Å². The zero-order valence-electron chi connectivity index (χ0n) is 12.4. The molecule has 7 heteroatoms. The van der Waals surface area contributed by atoms with Crippen LogP contribution in [0.4, 0.5) is 18.9 Å². The number of hydrogen-bond acceptors (Lipinski definition) is 2. The van der Waals surface area contributed by atoms with Gasteiger partial charge < -0.3 is 5.73 Å². The minimum atomic E-state index is -0.972. The van der Waals surface area contributed by atoms with Crippen LogP contribution in [0.25, 0.3) is 0 Å². The molecule has 1 unspecified atom stereocenters. The highest BCUT2D eigenvalue weighted by atomic mass is 19.1. The lowest BCUT2D eigenvalue weighted by Crippen LogP contribution is -2.43. The maximum absolute atomic E-state index is 13.5. The molecule has 1 aromatic carbocycles. The average Bonchev–Trinajstić information content (AvgIpc) is 2.75. The molecule has 23 heavy (non-hydrogen) atoms. The van der Waals surface area contributed by atoms with Crippen LogP contribution in [0.2, 0.25) is 0 Å². The number of primary amides is 1. The van der Waals surface area contributed by atoms with E-state index in [9.17, 15) is 22.8 Å². The molecule has 1 aromatic rings. The molecule has 1 aliphatic heterocycles. The van der Waals surface area contributed by atoms with Crippen molar-refractivity contribution in [2.45, 2.75) is 44.3 Å². The number of benzene rings is 1. The Hall–Kier alpha value is -2.05. The number of amides is 2. The van der Waals surface area contributed by atoms with Crippen LogP contribution in [0.5, 0.6) is 0 Å². The highest BCUT2D eigenvalue weighted by Crippen LogP contribution is 2.49. The number of carbonyl (C=O) groups excluding carboxylic acids is 2. The molecule has 3 rings (SSSR count). The molecule has 2 N–H and O–H groups in total. The van der Waals surface area contributed by atoms with Gasteiger partial charge in [-0.3, -0.25) is 14.5 Å². The summed E-state index contributed by atoms with van der Waals surface area (Å²) in [6.07, 6.45) is 0.300. The monoisotopic (exact) mass is 326 g/mol. The summed E-state index contributed by atoms with van der Waals surface area (Å²) in [5.41, 5.74) is 4.48. The zero-order valence-corrected chi connectivity index (χ0v) is 12.4. The lowest BCUT2D eigenvalue weighted by Gasteiger charge is -2.32. The number of nitrogens with zero attached hydrogens (tertiary/aromatic N) is 1. The molecule has 2 amide bonds. The van der Waals surface area contributed by atoms with E-state index in [0.717, 1.165) is 17.0 Å². The van der Waals surface area contributed by atoms with Crippen molar-refractivity contribution >= 4 is 17.5 Å². The second-order valence-corrected chi connectivity index (χ2v) is 6.38. The van der Waals surface area contributed by atoms with Crippen molar-refractivity contribution in [3.05, 3.63) is 29.8 Å². The van der Waals surface area contributed by atoms with Crippen LogP contribution < -0.4 is 10.6 Å². The molecule has 1 aliphatic carbocycles. The fourth-order valence-electron chi connectivity index (χ4n) is 3.70. The molecular formula is C16H17F3N2O2. The van der Waals surface area contributed by atoms with Crippen LogP contribution in [0.3, 0.4) is 0 Å². The first-order valence-electron chi connectivity index (χ1n) is 7.55. The van der Waals surface area contributed by atoms with E-state index < -0.39 is 41.1 Å². The fourth-order valence-corrected chi connectivity index (χ4v) is 3.70. The number of hydrogen-bond donors (Lipinski definition) is 1. The van der Waals surface area contributed by atoms with E-state index in [1.807, 2.05) is 0 Å². The second-order valence-electron chi connectivity index (χ2n) is 6.38. The first-order valence-corrected chi connectivity index (χ1v) is 7.55. The second kappa shape index (κ2) is 5.54. The van der Waals surface area contributed by atoms with Crippen LogP contribution in [0.1, 0.15) is 32.1 Å². The van der Waals surface area contributed by atoms with Gasteiger partial charge in [0.25, 0.3) is 0 Å². The number of anilines is 1. The van der Waals surface area contributed by atoms with Crippen molar-refractivity contribution in [2.24, 2.45) is 11.1 Å². The minimum absolute atomic E-state index is 0.0319. The maximum Gasteiger partial charge on any atom is 0.240 e. The van der Waals surface area contributed by atoms with Crippen LogP contribution in [-0.4, -0.2) is 24.0 Å². The molecule has 124 valence electrons. The Labute approximate surface area is 131 Å². The van der Waals surface area contributed by atoms with Gasteiger partial charge in [-0.1, -0.05) is 0 Å². The molecule has 1 spiro atoms. The quantitative estimate of drug-likeness (QED) is 0.907. The van der Waals surface area contributed by atoms with E-state index in [1.54, 1.807) is 0 Å². The third-order valence-electron chi connectivity index (χ3n) is 4.89. The maximum atomic E-state index is 13.5. The predicted octanol–water partition coefficient (Wildman–Crippen LogP) is 2.45. The van der Waals surface area contributed by atoms with Crippen LogP contribution in [0, 0.1) is 17.0 Å². The van der Waals surface area contributed by atoms with E-state index in [4.69, 9.17) is 5.73 Å². The third kappa shape index (κ3) is 2.68. The molecule has 2 fully saturated rings. The largest absolute Gasteiger partial charge is 0.368 e. The van der Waals surface area contributed by atoms with Crippen LogP contribution in [-0.2, 0) is 9.59 Å². The van der Waals surface area contributed by atoms with Gasteiger partial charge in [-0.05, 0) is 44.2 Å². The van der Waals surface area contributed by atoms with Gasteiger partial charge in [-0.25, -0.2) is 13.2 Å². The van der Waals surface area contributed by atoms with Gasteiger partial charge in [0.05, 0.1) is 11.1 Å². The number of halogens is 3. The molecule has 1 atom stereocenters. The highest BCUT2D eigenvalue weighted by molar-refractivity contribution is 6.06. The molecule has 0 bridgehead atoms. The zero-order chi connectivity index (χ0) is 16.8. The Bertz CT molecular complexity index is 636. The van der Waals surface area contributed by atoms with Crippen molar-refractivity contribution in [3.63, 3.8) is 0 Å². The lowest BCUT2D eigenvalue weighted by molar-refractivity contribution is -0.128. The topological polar surface area (TPSA) is 63.4 Å². The van der Waals surface area contributed by atoms with Crippen molar-refractivity contribution < 1.29 is 22.8 Å². The van der Waals surface area contributed by atoms with E-state index >= 15 is 0 Å². The van der Waals surface area contributed by atoms with Gasteiger partial charge in [0.2, 0.25) is 11.8 Å². The molecule has 0 radical (unpaired) electrons. The van der Waals surface area contributed by atoms with Gasteiger partial charge in [0.1, 0.15) is 23.8 Å². The van der Waals surface area contributed by atoms with Gasteiger partial charge in [-0.15, -0.1) is 0 Å². The predicted molar refractivity (Wildman–Crippen MR) is 77.2 cm³/mol. The van der Waals surface area contributed by atoms with Crippen molar-refractivity contribution in [2.75, 3.05) is 4.90 Å². The van der Waals surface area contributed by atoms with Crippen molar-refractivity contribution in [1.29, 1.82) is 0 Å². The normalized spacial score (nSPS) is 30.9. The van der Waals surface area contributed by atoms with Crippen LogP contribution >= 0.6 is 0 Å². The summed E-state index contributed by atoms with van der Waals surface area (Å²) < 4.78 is 40.4. The Balaban J connectivity index is 2.00. The molecule has 1 heterocycles. The van der Waals surface area contributed by atoms with Gasteiger partial charge >= 0.3 is 0 Å². The van der Waals surface area contributed by atoms with Gasteiger partial charge in [-0.2, -0.15) is 0 Å². The summed E-state index contributed by atoms with van der Waals surface area (Å²) in [7, 11) is 0. The third-order valence-corrected chi connectivity index (χ3v) is 4.89. The summed E-state index contributed by atoms with van der Waals surface area (Å²) in [6.45, 7) is 0. The number of carbonyl (C=O) groups is 2. The molecule has 4 nitrogen and oxygen atoms in total. The lowest BCUT2D eigenvalue weighted by atomic mass is 9.71. The van der Waals surface area contributed by atoms with Gasteiger partial charge in [0, 0.05) is 6.07 Å². The van der Waals surface area contributed by atoms with E-state index in [-0.39, 0.29) is 24.9 Å². The number of nitrogens with two attached hydrogens (primary N) is 1. The molecule has 1 saturated heterocycles. The summed E-state index contributed by atoms with van der Waals surface area (Å²) in [6, 6.07) is 1.71. The smallest absolute Gasteiger partial charge is 0.240 e. The van der Waals surface area contributed by atoms with Gasteiger partial charge in [0.15, 0.2) is 0 Å². The molecular weight excluding hydrogens is 309 g/mol. The van der Waals surface area contributed by atoms with Crippen molar-refractivity contribution in [3.8, 4) is 0 Å². The molecule has 1 saturated carbocycles. The summed E-state index contributed by atoms with van der Waals surface area (Å²) >= 11 is 0. The summed E-state index contributed by atoms with van der Waals surface area (Å²) in [5, 5.41) is 0. The SMILES string of the molecule is NC(=O)C1CC2(CCC(F)CC2)C(=O)N1c1cc(F)cc(F)c1. The Kier molecular flexibility index (Phi) is 3.82. The first kappa shape index (κ1) is 15.8. The number of alkyl halides is 1. The average molecular weight is 326 g/mol. The minimum Gasteiger partial charge on any atom is -0.368 e.